The van der Waals surface area contributed by atoms with Gasteiger partial charge < -0.3 is 4.74 Å². The SMILES string of the molecule is Cc1ccc(OCC2=C(c3ccnn3CCC(F)(F)F)CCCC2)c(C=O)n1. The fourth-order valence-electron chi connectivity index (χ4n) is 3.37. The molecule has 0 saturated heterocycles. The number of carbonyl (C=O) groups is 1. The number of ether oxygens (including phenoxy) is 1. The molecule has 2 aromatic heterocycles. The molecule has 5 nitrogen and oxygen atoms in total. The van der Waals surface area contributed by atoms with Crippen LogP contribution in [-0.4, -0.2) is 33.8 Å². The third kappa shape index (κ3) is 4.99. The lowest BCUT2D eigenvalue weighted by Gasteiger charge is -2.22. The second-order valence-corrected chi connectivity index (χ2v) is 6.84. The van der Waals surface area contributed by atoms with Gasteiger partial charge in [-0.25, -0.2) is 4.98 Å². The predicted octanol–water partition coefficient (Wildman–Crippen LogP) is 4.76. The number of aldehydes is 1. The van der Waals surface area contributed by atoms with Gasteiger partial charge in [-0.1, -0.05) is 0 Å². The van der Waals surface area contributed by atoms with E-state index >= 15 is 0 Å². The van der Waals surface area contributed by atoms with Crippen molar-refractivity contribution >= 4 is 11.9 Å². The molecule has 28 heavy (non-hydrogen) atoms. The molecule has 0 unspecified atom stereocenters. The van der Waals surface area contributed by atoms with Crippen LogP contribution in [-0.2, 0) is 6.54 Å². The van der Waals surface area contributed by atoms with Crippen molar-refractivity contribution < 1.29 is 22.7 Å². The molecule has 0 spiro atoms. The Morgan fingerprint density at radius 2 is 2.00 bits per heavy atom. The first-order valence-corrected chi connectivity index (χ1v) is 9.23. The van der Waals surface area contributed by atoms with Gasteiger partial charge >= 0.3 is 6.18 Å². The van der Waals surface area contributed by atoms with Gasteiger partial charge in [0.25, 0.3) is 0 Å². The van der Waals surface area contributed by atoms with Crippen molar-refractivity contribution in [3.63, 3.8) is 0 Å². The summed E-state index contributed by atoms with van der Waals surface area (Å²) in [4.78, 5) is 15.4. The van der Waals surface area contributed by atoms with Gasteiger partial charge in [0.05, 0.1) is 18.7 Å². The van der Waals surface area contributed by atoms with Crippen molar-refractivity contribution in [2.45, 2.75) is 51.7 Å². The second kappa shape index (κ2) is 8.58. The highest BCUT2D eigenvalue weighted by atomic mass is 19.4. The maximum Gasteiger partial charge on any atom is 0.390 e. The first-order valence-electron chi connectivity index (χ1n) is 9.23. The van der Waals surface area contributed by atoms with Gasteiger partial charge in [0.15, 0.2) is 6.29 Å². The van der Waals surface area contributed by atoms with Gasteiger partial charge in [-0.05, 0) is 62.0 Å². The van der Waals surface area contributed by atoms with E-state index in [4.69, 9.17) is 4.74 Å². The molecule has 1 aliphatic rings. The van der Waals surface area contributed by atoms with Gasteiger partial charge in [-0.15, -0.1) is 0 Å². The van der Waals surface area contributed by atoms with Crippen LogP contribution < -0.4 is 4.74 Å². The predicted molar refractivity (Wildman–Crippen MR) is 98.1 cm³/mol. The highest BCUT2D eigenvalue weighted by Crippen LogP contribution is 2.33. The monoisotopic (exact) mass is 393 g/mol. The molecule has 0 atom stereocenters. The molecule has 0 fully saturated rings. The minimum Gasteiger partial charge on any atom is -0.487 e. The Morgan fingerprint density at radius 1 is 1.21 bits per heavy atom. The van der Waals surface area contributed by atoms with Crippen LogP contribution in [0.15, 0.2) is 30.0 Å². The zero-order chi connectivity index (χ0) is 20.1. The number of halogens is 3. The lowest BCUT2D eigenvalue weighted by molar-refractivity contribution is -0.137. The van der Waals surface area contributed by atoms with E-state index in [9.17, 15) is 18.0 Å². The van der Waals surface area contributed by atoms with E-state index in [0.29, 0.717) is 17.7 Å². The summed E-state index contributed by atoms with van der Waals surface area (Å²) in [6.07, 6.45) is 0.572. The number of carbonyl (C=O) groups excluding carboxylic acids is 1. The molecule has 3 rings (SSSR count). The van der Waals surface area contributed by atoms with Crippen LogP contribution in [0.5, 0.6) is 5.75 Å². The molecule has 150 valence electrons. The largest absolute Gasteiger partial charge is 0.487 e. The van der Waals surface area contributed by atoms with Crippen molar-refractivity contribution in [3.8, 4) is 5.75 Å². The van der Waals surface area contributed by atoms with E-state index < -0.39 is 12.6 Å². The maximum absolute atomic E-state index is 12.6. The van der Waals surface area contributed by atoms with Gasteiger partial charge in [-0.2, -0.15) is 18.3 Å². The summed E-state index contributed by atoms with van der Waals surface area (Å²) in [6, 6.07) is 5.23. The van der Waals surface area contributed by atoms with E-state index in [1.54, 1.807) is 25.1 Å². The van der Waals surface area contributed by atoms with Gasteiger partial charge in [-0.3, -0.25) is 9.48 Å². The van der Waals surface area contributed by atoms with Crippen LogP contribution in [0.2, 0.25) is 0 Å². The highest BCUT2D eigenvalue weighted by Gasteiger charge is 2.28. The molecular weight excluding hydrogens is 371 g/mol. The molecular formula is C20H22F3N3O2. The number of allylic oxidation sites excluding steroid dienone is 1. The van der Waals surface area contributed by atoms with E-state index in [0.717, 1.165) is 42.5 Å². The zero-order valence-corrected chi connectivity index (χ0v) is 15.6. The molecule has 0 aliphatic heterocycles. The number of rotatable bonds is 7. The third-order valence-electron chi connectivity index (χ3n) is 4.75. The summed E-state index contributed by atoms with van der Waals surface area (Å²) in [6.45, 7) is 1.85. The van der Waals surface area contributed by atoms with Crippen LogP contribution in [0.3, 0.4) is 0 Å². The Kier molecular flexibility index (Phi) is 6.16. The molecule has 0 N–H and O–H groups in total. The fourth-order valence-corrected chi connectivity index (χ4v) is 3.37. The number of hydrogen-bond donors (Lipinski definition) is 0. The quantitative estimate of drug-likeness (QED) is 0.637. The third-order valence-corrected chi connectivity index (χ3v) is 4.75. The fraction of sp³-hybridized carbons (Fsp3) is 0.450. The minimum absolute atomic E-state index is 0.208. The van der Waals surface area contributed by atoms with Crippen LogP contribution in [0, 0.1) is 6.92 Å². The number of nitrogens with zero attached hydrogens (tertiary/aromatic N) is 3. The number of hydrogen-bond acceptors (Lipinski definition) is 4. The van der Waals surface area contributed by atoms with Crippen molar-refractivity contribution in [1.82, 2.24) is 14.8 Å². The summed E-state index contributed by atoms with van der Waals surface area (Å²) < 4.78 is 45.1. The van der Waals surface area contributed by atoms with Crippen molar-refractivity contribution in [1.29, 1.82) is 0 Å². The Balaban J connectivity index is 1.81. The molecule has 0 bridgehead atoms. The van der Waals surface area contributed by atoms with Crippen molar-refractivity contribution in [3.05, 3.63) is 47.1 Å². The summed E-state index contributed by atoms with van der Waals surface area (Å²) in [5.74, 6) is 0.406. The van der Waals surface area contributed by atoms with E-state index in [1.807, 2.05) is 0 Å². The average Bonchev–Trinajstić information content (AvgIpc) is 3.13. The lowest BCUT2D eigenvalue weighted by atomic mass is 9.90. The topological polar surface area (TPSA) is 57.0 Å². The standard InChI is InChI=1S/C20H22F3N3O2/c1-14-6-7-19(17(12-27)25-14)28-13-15-4-2-3-5-16(15)18-8-10-24-26(18)11-9-20(21,22)23/h6-8,10,12H,2-5,9,11,13H2,1H3. The Bertz CT molecular complexity index is 872. The molecule has 2 heterocycles. The maximum atomic E-state index is 12.6. The summed E-state index contributed by atoms with van der Waals surface area (Å²) in [7, 11) is 0. The number of aromatic nitrogens is 3. The van der Waals surface area contributed by atoms with Crippen LogP contribution in [0.1, 0.15) is 54.0 Å². The highest BCUT2D eigenvalue weighted by molar-refractivity contribution is 5.76. The van der Waals surface area contributed by atoms with Gasteiger partial charge in [0, 0.05) is 11.9 Å². The lowest BCUT2D eigenvalue weighted by Crippen LogP contribution is -2.16. The normalized spacial score (nSPS) is 15.0. The Labute approximate surface area is 161 Å². The summed E-state index contributed by atoms with van der Waals surface area (Å²) in [5.41, 5.74) is 3.69. The Morgan fingerprint density at radius 3 is 2.75 bits per heavy atom. The van der Waals surface area contributed by atoms with Crippen molar-refractivity contribution in [2.24, 2.45) is 0 Å². The summed E-state index contributed by atoms with van der Waals surface area (Å²) >= 11 is 0. The van der Waals surface area contributed by atoms with E-state index in [2.05, 4.69) is 10.1 Å². The second-order valence-electron chi connectivity index (χ2n) is 6.84. The Hall–Kier alpha value is -2.64. The molecule has 0 amide bonds. The molecule has 8 heteroatoms. The van der Waals surface area contributed by atoms with Crippen LogP contribution in [0.4, 0.5) is 13.2 Å². The first-order chi connectivity index (χ1) is 13.4. The molecule has 0 saturated carbocycles. The van der Waals surface area contributed by atoms with Gasteiger partial charge in [0.2, 0.25) is 0 Å². The number of aryl methyl sites for hydroxylation is 2. The minimum atomic E-state index is -4.22. The summed E-state index contributed by atoms with van der Waals surface area (Å²) in [5, 5.41) is 4.07. The molecule has 1 aliphatic carbocycles. The van der Waals surface area contributed by atoms with Crippen LogP contribution >= 0.6 is 0 Å². The number of alkyl halides is 3. The zero-order valence-electron chi connectivity index (χ0n) is 15.6. The van der Waals surface area contributed by atoms with Gasteiger partial charge in [0.1, 0.15) is 18.1 Å². The number of pyridine rings is 1. The van der Waals surface area contributed by atoms with E-state index in [-0.39, 0.29) is 18.8 Å². The molecule has 0 aromatic carbocycles. The van der Waals surface area contributed by atoms with Crippen LogP contribution in [0.25, 0.3) is 5.57 Å². The first kappa shape index (κ1) is 20.1. The average molecular weight is 393 g/mol. The molecule has 2 aromatic rings. The molecule has 0 radical (unpaired) electrons. The smallest absolute Gasteiger partial charge is 0.390 e. The van der Waals surface area contributed by atoms with E-state index in [1.165, 1.54) is 10.9 Å². The van der Waals surface area contributed by atoms with Crippen molar-refractivity contribution in [2.75, 3.05) is 6.61 Å².